The zero-order valence-corrected chi connectivity index (χ0v) is 8.43. The highest BCUT2D eigenvalue weighted by atomic mass is 16.5. The van der Waals surface area contributed by atoms with E-state index >= 15 is 0 Å². The fourth-order valence-electron chi connectivity index (χ4n) is 0.919. The van der Waals surface area contributed by atoms with Crippen LogP contribution in [0.15, 0.2) is 0 Å². The van der Waals surface area contributed by atoms with Crippen molar-refractivity contribution in [2.75, 3.05) is 33.9 Å². The van der Waals surface area contributed by atoms with E-state index in [9.17, 15) is 0 Å². The third kappa shape index (κ3) is 7.98. The zero-order chi connectivity index (χ0) is 9.23. The maximum absolute atomic E-state index is 5.53. The Balaban J connectivity index is 3.02. The third-order valence-corrected chi connectivity index (χ3v) is 1.70. The first-order valence-corrected chi connectivity index (χ1v) is 4.56. The summed E-state index contributed by atoms with van der Waals surface area (Å²) in [5.74, 6) is 0. The third-order valence-electron chi connectivity index (χ3n) is 1.70. The molecule has 0 aromatic heterocycles. The van der Waals surface area contributed by atoms with Gasteiger partial charge < -0.3 is 14.8 Å². The molecule has 0 aliphatic rings. The van der Waals surface area contributed by atoms with Crippen molar-refractivity contribution < 1.29 is 9.47 Å². The molecule has 0 aromatic rings. The van der Waals surface area contributed by atoms with Gasteiger partial charge in [0.25, 0.3) is 0 Å². The van der Waals surface area contributed by atoms with Gasteiger partial charge in [0.2, 0.25) is 0 Å². The fourth-order valence-corrected chi connectivity index (χ4v) is 0.919. The van der Waals surface area contributed by atoms with E-state index in [1.54, 1.807) is 7.11 Å². The van der Waals surface area contributed by atoms with Gasteiger partial charge in [-0.3, -0.25) is 0 Å². The smallest absolute Gasteiger partial charge is 0.0559 e. The topological polar surface area (TPSA) is 30.5 Å². The van der Waals surface area contributed by atoms with Crippen LogP contribution in [-0.4, -0.2) is 40.0 Å². The van der Waals surface area contributed by atoms with Gasteiger partial charge in [-0.25, -0.2) is 0 Å². The first kappa shape index (κ1) is 11.9. The molecule has 1 atom stereocenters. The van der Waals surface area contributed by atoms with Crippen LogP contribution in [-0.2, 0) is 9.47 Å². The maximum atomic E-state index is 5.53. The van der Waals surface area contributed by atoms with E-state index < -0.39 is 0 Å². The normalized spacial score (nSPS) is 13.2. The first-order chi connectivity index (χ1) is 5.81. The molecule has 1 unspecified atom stereocenters. The van der Waals surface area contributed by atoms with Crippen molar-refractivity contribution in [2.45, 2.75) is 25.9 Å². The molecule has 3 heteroatoms. The van der Waals surface area contributed by atoms with Crippen LogP contribution < -0.4 is 5.32 Å². The summed E-state index contributed by atoms with van der Waals surface area (Å²) < 4.78 is 10.4. The highest BCUT2D eigenvalue weighted by molar-refractivity contribution is 4.51. The molecule has 3 nitrogen and oxygen atoms in total. The predicted octanol–water partition coefficient (Wildman–Crippen LogP) is 1.04. The average molecular weight is 175 g/mol. The minimum absolute atomic E-state index is 0.356. The van der Waals surface area contributed by atoms with E-state index in [1.165, 1.54) is 0 Å². The van der Waals surface area contributed by atoms with Crippen LogP contribution in [0.25, 0.3) is 0 Å². The second-order valence-corrected chi connectivity index (χ2v) is 2.92. The number of nitrogens with one attached hydrogen (secondary N) is 1. The summed E-state index contributed by atoms with van der Waals surface area (Å²) in [5.41, 5.74) is 0. The van der Waals surface area contributed by atoms with Gasteiger partial charge in [-0.15, -0.1) is 0 Å². The summed E-state index contributed by atoms with van der Waals surface area (Å²) in [6, 6.07) is 0. The Morgan fingerprint density at radius 3 is 2.67 bits per heavy atom. The van der Waals surface area contributed by atoms with Crippen molar-refractivity contribution in [1.82, 2.24) is 5.32 Å². The Bertz CT molecular complexity index is 88.6. The van der Waals surface area contributed by atoms with Gasteiger partial charge in [0.15, 0.2) is 0 Å². The van der Waals surface area contributed by atoms with Crippen LogP contribution in [0.5, 0.6) is 0 Å². The molecule has 0 aromatic carbocycles. The number of ether oxygens (including phenoxy) is 2. The van der Waals surface area contributed by atoms with Crippen LogP contribution in [0.4, 0.5) is 0 Å². The summed E-state index contributed by atoms with van der Waals surface area (Å²) in [5, 5.41) is 3.10. The molecule has 0 aliphatic carbocycles. The standard InChI is InChI=1S/C9H21NO2/c1-9(5-6-10-2)12-8-4-7-11-3/h9-10H,4-8H2,1-3H3. The maximum Gasteiger partial charge on any atom is 0.0559 e. The molecule has 0 rings (SSSR count). The van der Waals surface area contributed by atoms with Crippen molar-refractivity contribution in [3.63, 3.8) is 0 Å². The lowest BCUT2D eigenvalue weighted by Crippen LogP contribution is -2.17. The molecule has 0 saturated heterocycles. The van der Waals surface area contributed by atoms with Crippen LogP contribution in [0.3, 0.4) is 0 Å². The molecule has 0 saturated carbocycles. The zero-order valence-electron chi connectivity index (χ0n) is 8.43. The Morgan fingerprint density at radius 2 is 2.08 bits per heavy atom. The van der Waals surface area contributed by atoms with Crippen molar-refractivity contribution >= 4 is 0 Å². The van der Waals surface area contributed by atoms with E-state index in [0.717, 1.165) is 32.6 Å². The second kappa shape index (κ2) is 8.97. The van der Waals surface area contributed by atoms with Crippen molar-refractivity contribution in [2.24, 2.45) is 0 Å². The number of rotatable bonds is 8. The fraction of sp³-hybridized carbons (Fsp3) is 1.00. The summed E-state index contributed by atoms with van der Waals surface area (Å²) in [4.78, 5) is 0. The summed E-state index contributed by atoms with van der Waals surface area (Å²) in [7, 11) is 3.67. The van der Waals surface area contributed by atoms with Crippen molar-refractivity contribution in [3.05, 3.63) is 0 Å². The van der Waals surface area contributed by atoms with E-state index in [4.69, 9.17) is 9.47 Å². The van der Waals surface area contributed by atoms with Crippen LogP contribution in [0.1, 0.15) is 19.8 Å². The quantitative estimate of drug-likeness (QED) is 0.559. The van der Waals surface area contributed by atoms with Gasteiger partial charge in [0.05, 0.1) is 6.10 Å². The highest BCUT2D eigenvalue weighted by Gasteiger charge is 1.99. The molecule has 0 fully saturated rings. The minimum atomic E-state index is 0.356. The van der Waals surface area contributed by atoms with Gasteiger partial charge >= 0.3 is 0 Å². The lowest BCUT2D eigenvalue weighted by atomic mass is 10.3. The molecular weight excluding hydrogens is 154 g/mol. The number of hydrogen-bond acceptors (Lipinski definition) is 3. The van der Waals surface area contributed by atoms with Gasteiger partial charge in [-0.05, 0) is 33.4 Å². The summed E-state index contributed by atoms with van der Waals surface area (Å²) in [6.45, 7) is 4.72. The van der Waals surface area contributed by atoms with E-state index in [1.807, 2.05) is 7.05 Å². The largest absolute Gasteiger partial charge is 0.385 e. The van der Waals surface area contributed by atoms with Gasteiger partial charge in [0, 0.05) is 20.3 Å². The second-order valence-electron chi connectivity index (χ2n) is 2.92. The Morgan fingerprint density at radius 1 is 1.33 bits per heavy atom. The summed E-state index contributed by atoms with van der Waals surface area (Å²) in [6.07, 6.45) is 2.42. The van der Waals surface area contributed by atoms with E-state index in [2.05, 4.69) is 12.2 Å². The van der Waals surface area contributed by atoms with E-state index in [0.29, 0.717) is 6.10 Å². The average Bonchev–Trinajstić information content (AvgIpc) is 2.09. The van der Waals surface area contributed by atoms with Gasteiger partial charge in [-0.1, -0.05) is 0 Å². The molecule has 0 amide bonds. The molecular formula is C9H21NO2. The van der Waals surface area contributed by atoms with Gasteiger partial charge in [0.1, 0.15) is 0 Å². The summed E-state index contributed by atoms with van der Waals surface area (Å²) >= 11 is 0. The Hall–Kier alpha value is -0.120. The Labute approximate surface area is 75.4 Å². The molecule has 0 heterocycles. The van der Waals surface area contributed by atoms with Crippen LogP contribution in [0.2, 0.25) is 0 Å². The lowest BCUT2D eigenvalue weighted by Gasteiger charge is -2.12. The monoisotopic (exact) mass is 175 g/mol. The first-order valence-electron chi connectivity index (χ1n) is 4.56. The number of methoxy groups -OCH3 is 1. The molecule has 0 radical (unpaired) electrons. The van der Waals surface area contributed by atoms with Crippen molar-refractivity contribution in [1.29, 1.82) is 0 Å². The SMILES string of the molecule is CNCCC(C)OCCCOC. The molecule has 0 aliphatic heterocycles. The predicted molar refractivity (Wildman–Crippen MR) is 50.5 cm³/mol. The van der Waals surface area contributed by atoms with Crippen molar-refractivity contribution in [3.8, 4) is 0 Å². The van der Waals surface area contributed by atoms with Crippen LogP contribution in [0, 0.1) is 0 Å². The Kier molecular flexibility index (Phi) is 8.88. The molecule has 1 N–H and O–H groups in total. The minimum Gasteiger partial charge on any atom is -0.385 e. The lowest BCUT2D eigenvalue weighted by molar-refractivity contribution is 0.0461. The molecule has 0 spiro atoms. The number of hydrogen-bond donors (Lipinski definition) is 1. The molecule has 74 valence electrons. The highest BCUT2D eigenvalue weighted by Crippen LogP contribution is 1.96. The van der Waals surface area contributed by atoms with Gasteiger partial charge in [-0.2, -0.15) is 0 Å². The molecule has 12 heavy (non-hydrogen) atoms. The van der Waals surface area contributed by atoms with E-state index in [-0.39, 0.29) is 0 Å². The molecule has 0 bridgehead atoms. The van der Waals surface area contributed by atoms with Crippen LogP contribution >= 0.6 is 0 Å².